The second kappa shape index (κ2) is 9.90. The number of unbranched alkanes of at least 4 members (excludes halogenated alkanes) is 1. The highest BCUT2D eigenvalue weighted by molar-refractivity contribution is 7.89. The van der Waals surface area contributed by atoms with Crippen LogP contribution < -0.4 is 4.90 Å². The number of fused-ring (bicyclic) bond motifs is 3. The molecule has 0 unspecified atom stereocenters. The predicted octanol–water partition coefficient (Wildman–Crippen LogP) is 5.44. The smallest absolute Gasteiger partial charge is 0.353 e. The van der Waals surface area contributed by atoms with Gasteiger partial charge in [-0.15, -0.1) is 11.3 Å². The van der Waals surface area contributed by atoms with Crippen LogP contribution in [-0.4, -0.2) is 48.9 Å². The zero-order valence-electron chi connectivity index (χ0n) is 20.1. The van der Waals surface area contributed by atoms with Crippen molar-refractivity contribution in [2.75, 3.05) is 31.1 Å². The van der Waals surface area contributed by atoms with Gasteiger partial charge in [0, 0.05) is 37.5 Å². The topological polar surface area (TPSA) is 66.4 Å². The number of benzene rings is 1. The number of aromatic nitrogens is 2. The maximum Gasteiger partial charge on any atom is 0.416 e. The Morgan fingerprint density at radius 1 is 1.06 bits per heavy atom. The highest BCUT2D eigenvalue weighted by atomic mass is 32.2. The molecular formula is C25H29F3N4O2S2. The minimum absolute atomic E-state index is 0.181. The van der Waals surface area contributed by atoms with Crippen molar-refractivity contribution >= 4 is 37.4 Å². The third-order valence-electron chi connectivity index (χ3n) is 6.93. The van der Waals surface area contributed by atoms with E-state index in [1.54, 1.807) is 11.3 Å². The molecule has 0 saturated carbocycles. The lowest BCUT2D eigenvalue weighted by atomic mass is 9.97. The summed E-state index contributed by atoms with van der Waals surface area (Å²) in [5, 5.41) is 1.10. The number of aryl methyl sites for hydroxylation is 3. The molecule has 0 radical (unpaired) electrons. The number of sulfonamides is 1. The molecule has 2 aliphatic rings. The molecule has 0 N–H and O–H groups in total. The molecule has 0 atom stereocenters. The maximum absolute atomic E-state index is 13.2. The molecule has 6 nitrogen and oxygen atoms in total. The van der Waals surface area contributed by atoms with Gasteiger partial charge in [-0.05, 0) is 55.9 Å². The summed E-state index contributed by atoms with van der Waals surface area (Å²) in [6.07, 6.45) is 2.62. The van der Waals surface area contributed by atoms with Crippen LogP contribution in [0.2, 0.25) is 0 Å². The fourth-order valence-corrected chi connectivity index (χ4v) is 7.72. The molecule has 1 aliphatic heterocycles. The van der Waals surface area contributed by atoms with Crippen LogP contribution in [0.3, 0.4) is 0 Å². The van der Waals surface area contributed by atoms with Gasteiger partial charge in [-0.2, -0.15) is 17.5 Å². The molecule has 0 spiro atoms. The summed E-state index contributed by atoms with van der Waals surface area (Å²) in [5.74, 6) is 1.69. The van der Waals surface area contributed by atoms with E-state index in [0.717, 1.165) is 72.5 Å². The Labute approximate surface area is 213 Å². The number of alkyl halides is 3. The van der Waals surface area contributed by atoms with E-state index >= 15 is 0 Å². The number of piperazine rings is 1. The van der Waals surface area contributed by atoms with Crippen LogP contribution in [-0.2, 0) is 35.5 Å². The first-order valence-corrected chi connectivity index (χ1v) is 14.7. The standard InChI is InChI=1S/C25H29F3N4O2S2/c1-2-3-11-21-29-23(22-19-9-4-5-10-20(19)35-24(22)30-21)31-12-14-32(15-13-31)36(33,34)18-8-6-7-17(16-18)25(26,27)28/h6-8,16H,2-5,9-15H2,1H3. The quantitative estimate of drug-likeness (QED) is 0.418. The second-order valence-electron chi connectivity index (χ2n) is 9.37. The Morgan fingerprint density at radius 3 is 2.53 bits per heavy atom. The lowest BCUT2D eigenvalue weighted by Crippen LogP contribution is -2.49. The molecule has 1 saturated heterocycles. The van der Waals surface area contributed by atoms with Crippen LogP contribution in [0.15, 0.2) is 29.2 Å². The molecule has 3 aromatic rings. The molecule has 11 heteroatoms. The number of thiophene rings is 1. The molecule has 0 bridgehead atoms. The minimum atomic E-state index is -4.60. The zero-order valence-corrected chi connectivity index (χ0v) is 21.8. The fourth-order valence-electron chi connectivity index (χ4n) is 4.98. The average molecular weight is 539 g/mol. The van der Waals surface area contributed by atoms with Gasteiger partial charge >= 0.3 is 6.18 Å². The van der Waals surface area contributed by atoms with E-state index in [4.69, 9.17) is 9.97 Å². The van der Waals surface area contributed by atoms with Crippen molar-refractivity contribution in [1.29, 1.82) is 0 Å². The normalized spacial score (nSPS) is 17.5. The van der Waals surface area contributed by atoms with Crippen molar-refractivity contribution in [2.24, 2.45) is 0 Å². The molecule has 3 heterocycles. The van der Waals surface area contributed by atoms with Crippen molar-refractivity contribution < 1.29 is 21.6 Å². The summed E-state index contributed by atoms with van der Waals surface area (Å²) in [7, 11) is -4.04. The summed E-state index contributed by atoms with van der Waals surface area (Å²) < 4.78 is 67.0. The van der Waals surface area contributed by atoms with Crippen LogP contribution in [0.4, 0.5) is 19.0 Å². The number of rotatable bonds is 6. The summed E-state index contributed by atoms with van der Waals surface area (Å²) in [6.45, 7) is 3.33. The van der Waals surface area contributed by atoms with E-state index in [2.05, 4.69) is 11.8 Å². The first kappa shape index (κ1) is 25.4. The molecular weight excluding hydrogens is 509 g/mol. The van der Waals surface area contributed by atoms with Crippen LogP contribution >= 0.6 is 11.3 Å². The Morgan fingerprint density at radius 2 is 1.81 bits per heavy atom. The van der Waals surface area contributed by atoms with Crippen molar-refractivity contribution in [3.63, 3.8) is 0 Å². The van der Waals surface area contributed by atoms with Gasteiger partial charge in [0.05, 0.1) is 15.8 Å². The van der Waals surface area contributed by atoms with Crippen molar-refractivity contribution in [3.8, 4) is 0 Å². The summed E-state index contributed by atoms with van der Waals surface area (Å²) in [6, 6.07) is 3.96. The SMILES string of the molecule is CCCCc1nc(N2CCN(S(=O)(=O)c3cccc(C(F)(F)F)c3)CC2)c2c3c(sc2n1)CCCC3. The molecule has 2 aromatic heterocycles. The molecule has 5 rings (SSSR count). The third kappa shape index (κ3) is 4.84. The summed E-state index contributed by atoms with van der Waals surface area (Å²) in [5.41, 5.74) is 0.365. The Balaban J connectivity index is 1.42. The molecule has 1 fully saturated rings. The van der Waals surface area contributed by atoms with Crippen LogP contribution in [0.1, 0.15) is 54.4 Å². The Kier molecular flexibility index (Phi) is 6.99. The van der Waals surface area contributed by atoms with Crippen LogP contribution in [0, 0.1) is 0 Å². The monoisotopic (exact) mass is 538 g/mol. The van der Waals surface area contributed by atoms with Gasteiger partial charge in [-0.25, -0.2) is 18.4 Å². The summed E-state index contributed by atoms with van der Waals surface area (Å²) in [4.78, 5) is 14.0. The fraction of sp³-hybridized carbons (Fsp3) is 0.520. The molecule has 1 aromatic carbocycles. The Bertz CT molecular complexity index is 1360. The van der Waals surface area contributed by atoms with Crippen molar-refractivity contribution in [1.82, 2.24) is 14.3 Å². The highest BCUT2D eigenvalue weighted by Crippen LogP contribution is 2.40. The van der Waals surface area contributed by atoms with E-state index in [1.807, 2.05) is 0 Å². The third-order valence-corrected chi connectivity index (χ3v) is 10.0. The molecule has 1 aliphatic carbocycles. The molecule has 0 amide bonds. The van der Waals surface area contributed by atoms with Crippen LogP contribution in [0.25, 0.3) is 10.2 Å². The van der Waals surface area contributed by atoms with Crippen molar-refractivity contribution in [2.45, 2.75) is 62.9 Å². The average Bonchev–Trinajstić information content (AvgIpc) is 3.25. The number of anilines is 1. The lowest BCUT2D eigenvalue weighted by molar-refractivity contribution is -0.137. The van der Waals surface area contributed by atoms with Gasteiger partial charge < -0.3 is 4.90 Å². The minimum Gasteiger partial charge on any atom is -0.353 e. The summed E-state index contributed by atoms with van der Waals surface area (Å²) >= 11 is 1.75. The van der Waals surface area contributed by atoms with E-state index in [1.165, 1.54) is 27.2 Å². The predicted molar refractivity (Wildman–Crippen MR) is 135 cm³/mol. The molecule has 194 valence electrons. The van der Waals surface area contributed by atoms with E-state index in [-0.39, 0.29) is 18.0 Å². The van der Waals surface area contributed by atoms with Gasteiger partial charge in [0.15, 0.2) is 0 Å². The van der Waals surface area contributed by atoms with Gasteiger partial charge in [0.2, 0.25) is 10.0 Å². The molecule has 36 heavy (non-hydrogen) atoms. The number of nitrogens with zero attached hydrogens (tertiary/aromatic N) is 4. The van der Waals surface area contributed by atoms with Gasteiger partial charge in [-0.1, -0.05) is 19.4 Å². The van der Waals surface area contributed by atoms with E-state index in [0.29, 0.717) is 19.2 Å². The second-order valence-corrected chi connectivity index (χ2v) is 12.4. The highest BCUT2D eigenvalue weighted by Gasteiger charge is 2.35. The van der Waals surface area contributed by atoms with E-state index in [9.17, 15) is 21.6 Å². The number of hydrogen-bond donors (Lipinski definition) is 0. The first-order valence-electron chi connectivity index (χ1n) is 12.4. The largest absolute Gasteiger partial charge is 0.416 e. The zero-order chi connectivity index (χ0) is 25.5. The Hall–Kier alpha value is -2.24. The van der Waals surface area contributed by atoms with E-state index < -0.39 is 21.8 Å². The van der Waals surface area contributed by atoms with Gasteiger partial charge in [0.25, 0.3) is 0 Å². The first-order chi connectivity index (χ1) is 17.2. The van der Waals surface area contributed by atoms with Gasteiger partial charge in [0.1, 0.15) is 16.5 Å². The van der Waals surface area contributed by atoms with Crippen LogP contribution in [0.5, 0.6) is 0 Å². The van der Waals surface area contributed by atoms with Crippen molar-refractivity contribution in [3.05, 3.63) is 46.1 Å². The lowest BCUT2D eigenvalue weighted by Gasteiger charge is -2.35. The van der Waals surface area contributed by atoms with Gasteiger partial charge in [-0.3, -0.25) is 0 Å². The number of hydrogen-bond acceptors (Lipinski definition) is 6. The number of halogens is 3. The maximum atomic E-state index is 13.2.